The van der Waals surface area contributed by atoms with E-state index >= 15 is 0 Å². The Balaban J connectivity index is 1.69. The molecule has 0 spiro atoms. The third-order valence-corrected chi connectivity index (χ3v) is 4.25. The van der Waals surface area contributed by atoms with Crippen LogP contribution in [0.25, 0.3) is 11.1 Å². The molecule has 0 amide bonds. The van der Waals surface area contributed by atoms with Gasteiger partial charge in [-0.2, -0.15) is 0 Å². The highest BCUT2D eigenvalue weighted by atomic mass is 16.5. The molecule has 2 aromatic carbocycles. The molecule has 2 atom stereocenters. The summed E-state index contributed by atoms with van der Waals surface area (Å²) in [5.41, 5.74) is 8.67. The van der Waals surface area contributed by atoms with E-state index < -0.39 is 0 Å². The fourth-order valence-electron chi connectivity index (χ4n) is 2.98. The Hall–Kier alpha value is -1.80. The van der Waals surface area contributed by atoms with Gasteiger partial charge in [0.15, 0.2) is 0 Å². The monoisotopic (exact) mass is 281 g/mol. The molecule has 0 saturated heterocycles. The van der Waals surface area contributed by atoms with Gasteiger partial charge in [0.05, 0.1) is 0 Å². The third kappa shape index (κ3) is 3.64. The summed E-state index contributed by atoms with van der Waals surface area (Å²) in [6.45, 7) is 0. The van der Waals surface area contributed by atoms with Crippen molar-refractivity contribution < 1.29 is 4.74 Å². The summed E-state index contributed by atoms with van der Waals surface area (Å²) in [5.74, 6) is 0.928. The van der Waals surface area contributed by atoms with Gasteiger partial charge in [-0.3, -0.25) is 0 Å². The van der Waals surface area contributed by atoms with E-state index in [1.54, 1.807) is 0 Å². The summed E-state index contributed by atoms with van der Waals surface area (Å²) in [5, 5.41) is 0. The van der Waals surface area contributed by atoms with Crippen LogP contribution < -0.4 is 10.5 Å². The van der Waals surface area contributed by atoms with E-state index in [-0.39, 0.29) is 12.1 Å². The lowest BCUT2D eigenvalue weighted by atomic mass is 10.1. The van der Waals surface area contributed by atoms with E-state index in [9.17, 15) is 0 Å². The first-order valence-corrected chi connectivity index (χ1v) is 7.91. The Morgan fingerprint density at radius 3 is 2.19 bits per heavy atom. The molecule has 1 saturated carbocycles. The van der Waals surface area contributed by atoms with E-state index in [2.05, 4.69) is 48.5 Å². The van der Waals surface area contributed by atoms with Gasteiger partial charge in [0.25, 0.3) is 0 Å². The van der Waals surface area contributed by atoms with E-state index in [0.717, 1.165) is 18.6 Å². The molecule has 1 fully saturated rings. The molecule has 3 rings (SSSR count). The number of hydrogen-bond donors (Lipinski definition) is 1. The van der Waals surface area contributed by atoms with Crippen LogP contribution >= 0.6 is 0 Å². The van der Waals surface area contributed by atoms with E-state index in [4.69, 9.17) is 10.5 Å². The molecule has 110 valence electrons. The first kappa shape index (κ1) is 14.2. The SMILES string of the molecule is NC1CCCCCC1Oc1ccc(-c2ccccc2)cc1. The zero-order valence-electron chi connectivity index (χ0n) is 12.4. The smallest absolute Gasteiger partial charge is 0.119 e. The Bertz CT molecular complexity index is 550. The maximum absolute atomic E-state index is 6.22. The van der Waals surface area contributed by atoms with Crippen LogP contribution in [0.2, 0.25) is 0 Å². The van der Waals surface area contributed by atoms with Crippen molar-refractivity contribution in [3.05, 3.63) is 54.6 Å². The highest BCUT2D eigenvalue weighted by Gasteiger charge is 2.21. The average Bonchev–Trinajstić information content (AvgIpc) is 2.74. The van der Waals surface area contributed by atoms with Gasteiger partial charge in [0.2, 0.25) is 0 Å². The quantitative estimate of drug-likeness (QED) is 0.847. The van der Waals surface area contributed by atoms with Crippen LogP contribution in [0.15, 0.2) is 54.6 Å². The maximum atomic E-state index is 6.22. The van der Waals surface area contributed by atoms with Crippen molar-refractivity contribution in [2.75, 3.05) is 0 Å². The lowest BCUT2D eigenvalue weighted by molar-refractivity contribution is 0.163. The predicted octanol–water partition coefficient (Wildman–Crippen LogP) is 4.39. The molecule has 1 aliphatic carbocycles. The average molecular weight is 281 g/mol. The molecule has 0 heterocycles. The highest BCUT2D eigenvalue weighted by molar-refractivity contribution is 5.63. The molecule has 2 unspecified atom stereocenters. The van der Waals surface area contributed by atoms with Crippen molar-refractivity contribution in [3.8, 4) is 16.9 Å². The zero-order valence-corrected chi connectivity index (χ0v) is 12.4. The molecule has 2 N–H and O–H groups in total. The standard InChI is InChI=1S/C19H23NO/c20-18-9-5-2-6-10-19(18)21-17-13-11-16(12-14-17)15-7-3-1-4-8-15/h1,3-4,7-8,11-14,18-19H,2,5-6,9-10,20H2. The second kappa shape index (κ2) is 6.77. The number of hydrogen-bond acceptors (Lipinski definition) is 2. The minimum absolute atomic E-state index is 0.162. The molecule has 2 aromatic rings. The first-order chi connectivity index (χ1) is 10.3. The summed E-state index contributed by atoms with van der Waals surface area (Å²) in [6, 6.07) is 18.9. The van der Waals surface area contributed by atoms with Gasteiger partial charge < -0.3 is 10.5 Å². The van der Waals surface area contributed by atoms with Crippen molar-refractivity contribution in [1.82, 2.24) is 0 Å². The van der Waals surface area contributed by atoms with Gasteiger partial charge in [-0.25, -0.2) is 0 Å². The van der Waals surface area contributed by atoms with Crippen LogP contribution in [0.3, 0.4) is 0 Å². The Labute approximate surface area is 126 Å². The molecule has 0 bridgehead atoms. The summed E-state index contributed by atoms with van der Waals surface area (Å²) >= 11 is 0. The lowest BCUT2D eigenvalue weighted by Gasteiger charge is -2.23. The summed E-state index contributed by atoms with van der Waals surface area (Å²) in [4.78, 5) is 0. The summed E-state index contributed by atoms with van der Waals surface area (Å²) < 4.78 is 6.11. The second-order valence-electron chi connectivity index (χ2n) is 5.85. The van der Waals surface area contributed by atoms with E-state index in [1.165, 1.54) is 30.4 Å². The number of ether oxygens (including phenoxy) is 1. The second-order valence-corrected chi connectivity index (χ2v) is 5.85. The van der Waals surface area contributed by atoms with Crippen LogP contribution in [0, 0.1) is 0 Å². The topological polar surface area (TPSA) is 35.2 Å². The number of nitrogens with two attached hydrogens (primary N) is 1. The Kier molecular flexibility index (Phi) is 4.56. The lowest BCUT2D eigenvalue weighted by Crippen LogP contribution is -2.37. The van der Waals surface area contributed by atoms with Gasteiger partial charge in [0.1, 0.15) is 11.9 Å². The van der Waals surface area contributed by atoms with Crippen molar-refractivity contribution in [3.63, 3.8) is 0 Å². The van der Waals surface area contributed by atoms with Gasteiger partial charge in [-0.15, -0.1) is 0 Å². The first-order valence-electron chi connectivity index (χ1n) is 7.91. The van der Waals surface area contributed by atoms with Crippen LogP contribution in [-0.2, 0) is 0 Å². The fraction of sp³-hybridized carbons (Fsp3) is 0.368. The molecule has 0 aromatic heterocycles. The van der Waals surface area contributed by atoms with E-state index in [0.29, 0.717) is 0 Å². The van der Waals surface area contributed by atoms with Crippen molar-refractivity contribution in [1.29, 1.82) is 0 Å². The Morgan fingerprint density at radius 1 is 0.762 bits per heavy atom. The normalized spacial score (nSPS) is 22.5. The highest BCUT2D eigenvalue weighted by Crippen LogP contribution is 2.25. The van der Waals surface area contributed by atoms with Gasteiger partial charge in [-0.1, -0.05) is 55.3 Å². The van der Waals surface area contributed by atoms with Gasteiger partial charge in [-0.05, 0) is 42.5 Å². The maximum Gasteiger partial charge on any atom is 0.119 e. The van der Waals surface area contributed by atoms with Crippen LogP contribution in [0.5, 0.6) is 5.75 Å². The van der Waals surface area contributed by atoms with Crippen molar-refractivity contribution >= 4 is 0 Å². The molecule has 0 radical (unpaired) electrons. The fourth-order valence-corrected chi connectivity index (χ4v) is 2.98. The zero-order chi connectivity index (χ0) is 14.5. The molecule has 2 nitrogen and oxygen atoms in total. The largest absolute Gasteiger partial charge is 0.489 e. The molecular weight excluding hydrogens is 258 g/mol. The van der Waals surface area contributed by atoms with Gasteiger partial charge >= 0.3 is 0 Å². The van der Waals surface area contributed by atoms with Crippen molar-refractivity contribution in [2.45, 2.75) is 44.2 Å². The number of benzene rings is 2. The molecule has 21 heavy (non-hydrogen) atoms. The van der Waals surface area contributed by atoms with Crippen LogP contribution in [0.4, 0.5) is 0 Å². The number of rotatable bonds is 3. The van der Waals surface area contributed by atoms with Gasteiger partial charge in [0, 0.05) is 6.04 Å². The summed E-state index contributed by atoms with van der Waals surface area (Å²) in [6.07, 6.45) is 6.04. The third-order valence-electron chi connectivity index (χ3n) is 4.25. The predicted molar refractivity (Wildman–Crippen MR) is 87.4 cm³/mol. The van der Waals surface area contributed by atoms with E-state index in [1.807, 2.05) is 6.07 Å². The molecule has 1 aliphatic rings. The van der Waals surface area contributed by atoms with Crippen LogP contribution in [-0.4, -0.2) is 12.1 Å². The van der Waals surface area contributed by atoms with Crippen LogP contribution in [0.1, 0.15) is 32.1 Å². The molecule has 2 heteroatoms. The minimum Gasteiger partial charge on any atom is -0.489 e. The van der Waals surface area contributed by atoms with Crippen molar-refractivity contribution in [2.24, 2.45) is 5.73 Å². The molecular formula is C19H23NO. The minimum atomic E-state index is 0.162. The molecule has 0 aliphatic heterocycles. The summed E-state index contributed by atoms with van der Waals surface area (Å²) in [7, 11) is 0. The Morgan fingerprint density at radius 2 is 1.43 bits per heavy atom.